The summed E-state index contributed by atoms with van der Waals surface area (Å²) < 4.78 is 15.0. The van der Waals surface area contributed by atoms with Crippen molar-refractivity contribution in [3.8, 4) is 11.5 Å². The maximum Gasteiger partial charge on any atom is 0.292 e. The van der Waals surface area contributed by atoms with Gasteiger partial charge in [-0.15, -0.1) is 0 Å². The monoisotopic (exact) mass is 263 g/mol. The molecule has 3 N–H and O–H groups in total. The molecule has 0 atom stereocenters. The molecule has 2 aromatic rings. The number of benzene rings is 1. The molecule has 0 saturated carbocycles. The van der Waals surface area contributed by atoms with Crippen LogP contribution in [-0.2, 0) is 0 Å². The van der Waals surface area contributed by atoms with Crippen LogP contribution in [0.25, 0.3) is 0 Å². The highest BCUT2D eigenvalue weighted by molar-refractivity contribution is 6.02. The number of nitrogens with one attached hydrogen (secondary N) is 1. The summed E-state index contributed by atoms with van der Waals surface area (Å²) in [5.74, 6) is 0.666. The van der Waals surface area contributed by atoms with E-state index in [4.69, 9.17) is 19.6 Å². The van der Waals surface area contributed by atoms with Gasteiger partial charge in [0.2, 0.25) is 0 Å². The van der Waals surface area contributed by atoms with Gasteiger partial charge in [-0.25, -0.2) is 0 Å². The highest BCUT2D eigenvalue weighted by Crippen LogP contribution is 2.29. The van der Waals surface area contributed by atoms with Crippen LogP contribution in [0.15, 0.2) is 28.9 Å². The Kier molecular flexibility index (Phi) is 3.56. The number of nitrogen functional groups attached to an aromatic ring is 1. The van der Waals surface area contributed by atoms with Gasteiger partial charge < -0.3 is 24.9 Å². The highest BCUT2D eigenvalue weighted by Gasteiger charge is 2.12. The van der Waals surface area contributed by atoms with Crippen LogP contribution >= 0.6 is 0 Å². The Morgan fingerprint density at radius 1 is 1.32 bits per heavy atom. The first-order valence-electron chi connectivity index (χ1n) is 5.38. The van der Waals surface area contributed by atoms with E-state index in [9.17, 15) is 4.79 Å². The number of aromatic nitrogens is 1. The third-order valence-corrected chi connectivity index (χ3v) is 2.40. The Labute approximate surface area is 109 Å². The van der Waals surface area contributed by atoms with Crippen LogP contribution in [0.1, 0.15) is 10.5 Å². The fourth-order valence-electron chi connectivity index (χ4n) is 1.50. The van der Waals surface area contributed by atoms with Gasteiger partial charge in [-0.05, 0) is 12.1 Å². The molecule has 1 heterocycles. The zero-order chi connectivity index (χ0) is 13.8. The number of amides is 1. The molecule has 0 bridgehead atoms. The largest absolute Gasteiger partial charge is 0.493 e. The number of carbonyl (C=O) groups is 1. The van der Waals surface area contributed by atoms with Gasteiger partial charge in [0, 0.05) is 11.8 Å². The Morgan fingerprint density at radius 3 is 2.63 bits per heavy atom. The molecule has 0 radical (unpaired) electrons. The molecule has 0 aliphatic heterocycles. The van der Waals surface area contributed by atoms with Crippen LogP contribution in [-0.4, -0.2) is 25.1 Å². The van der Waals surface area contributed by atoms with Gasteiger partial charge in [0.1, 0.15) is 6.26 Å². The number of nitrogens with zero attached hydrogens (tertiary/aromatic N) is 1. The lowest BCUT2D eigenvalue weighted by atomic mass is 10.2. The van der Waals surface area contributed by atoms with Crippen LogP contribution in [0, 0.1) is 0 Å². The molecule has 0 aliphatic carbocycles. The summed E-state index contributed by atoms with van der Waals surface area (Å²) in [6, 6.07) is 4.95. The van der Waals surface area contributed by atoms with E-state index in [2.05, 4.69) is 10.3 Å². The summed E-state index contributed by atoms with van der Waals surface area (Å²) >= 11 is 0. The zero-order valence-corrected chi connectivity index (χ0v) is 10.5. The van der Waals surface area contributed by atoms with Crippen molar-refractivity contribution >= 4 is 17.6 Å². The van der Waals surface area contributed by atoms with Crippen molar-refractivity contribution in [2.24, 2.45) is 0 Å². The summed E-state index contributed by atoms with van der Waals surface area (Å²) in [6.45, 7) is 0. The summed E-state index contributed by atoms with van der Waals surface area (Å²) in [6.07, 6.45) is 1.19. The number of hydrogen-bond acceptors (Lipinski definition) is 6. The summed E-state index contributed by atoms with van der Waals surface area (Å²) in [5, 5.41) is 2.65. The molecule has 0 fully saturated rings. The maximum absolute atomic E-state index is 11.8. The minimum Gasteiger partial charge on any atom is -0.493 e. The minimum atomic E-state index is -0.423. The number of rotatable bonds is 4. The molecular weight excluding hydrogens is 250 g/mol. The first-order chi connectivity index (χ1) is 9.13. The molecule has 1 aromatic heterocycles. The molecule has 0 saturated heterocycles. The highest BCUT2D eigenvalue weighted by atomic mass is 16.5. The lowest BCUT2D eigenvalue weighted by molar-refractivity contribution is 0.102. The van der Waals surface area contributed by atoms with Crippen molar-refractivity contribution in [2.45, 2.75) is 0 Å². The van der Waals surface area contributed by atoms with Crippen molar-refractivity contribution in [3.05, 3.63) is 30.2 Å². The fourth-order valence-corrected chi connectivity index (χ4v) is 1.50. The Balaban J connectivity index is 2.17. The summed E-state index contributed by atoms with van der Waals surface area (Å²) in [7, 11) is 3.05. The first kappa shape index (κ1) is 12.7. The number of oxazole rings is 1. The molecule has 0 aliphatic rings. The lowest BCUT2D eigenvalue weighted by Gasteiger charge is -2.09. The van der Waals surface area contributed by atoms with Gasteiger partial charge in [-0.2, -0.15) is 4.98 Å². The van der Waals surface area contributed by atoms with Gasteiger partial charge >= 0.3 is 0 Å². The molecule has 0 spiro atoms. The number of anilines is 2. The summed E-state index contributed by atoms with van der Waals surface area (Å²) in [5.41, 5.74) is 5.95. The SMILES string of the molecule is COc1ccc(NC(=O)c2coc(N)n2)cc1OC. The third-order valence-electron chi connectivity index (χ3n) is 2.40. The van der Waals surface area contributed by atoms with Gasteiger partial charge in [0.25, 0.3) is 11.9 Å². The average Bonchev–Trinajstić information content (AvgIpc) is 2.85. The molecule has 0 unspecified atom stereocenters. The fraction of sp³-hybridized carbons (Fsp3) is 0.167. The van der Waals surface area contributed by atoms with Crippen molar-refractivity contribution < 1.29 is 18.7 Å². The lowest BCUT2D eigenvalue weighted by Crippen LogP contribution is -2.12. The standard InChI is InChI=1S/C12H13N3O4/c1-17-9-4-3-7(5-10(9)18-2)14-11(16)8-6-19-12(13)15-8/h3-6H,1-2H3,(H2,13,15)(H,14,16). The Morgan fingerprint density at radius 2 is 2.05 bits per heavy atom. The van der Waals surface area contributed by atoms with Gasteiger partial charge in [-0.3, -0.25) is 4.79 Å². The summed E-state index contributed by atoms with van der Waals surface area (Å²) in [4.78, 5) is 15.5. The van der Waals surface area contributed by atoms with E-state index in [-0.39, 0.29) is 11.7 Å². The van der Waals surface area contributed by atoms with E-state index in [1.807, 2.05) is 0 Å². The zero-order valence-electron chi connectivity index (χ0n) is 10.5. The number of hydrogen-bond donors (Lipinski definition) is 2. The number of carbonyl (C=O) groups excluding carboxylic acids is 1. The topological polar surface area (TPSA) is 99.6 Å². The van der Waals surface area contributed by atoms with Crippen LogP contribution in [0.3, 0.4) is 0 Å². The molecule has 7 nitrogen and oxygen atoms in total. The van der Waals surface area contributed by atoms with Gasteiger partial charge in [0.15, 0.2) is 17.2 Å². The smallest absolute Gasteiger partial charge is 0.292 e. The van der Waals surface area contributed by atoms with E-state index in [1.54, 1.807) is 18.2 Å². The molecule has 2 rings (SSSR count). The van der Waals surface area contributed by atoms with Crippen molar-refractivity contribution in [3.63, 3.8) is 0 Å². The molecule has 100 valence electrons. The second-order valence-corrected chi connectivity index (χ2v) is 3.59. The van der Waals surface area contributed by atoms with E-state index in [0.29, 0.717) is 17.2 Å². The Hall–Kier alpha value is -2.70. The quantitative estimate of drug-likeness (QED) is 0.867. The van der Waals surface area contributed by atoms with Crippen molar-refractivity contribution in [1.82, 2.24) is 4.98 Å². The second-order valence-electron chi connectivity index (χ2n) is 3.59. The van der Waals surface area contributed by atoms with Crippen molar-refractivity contribution in [1.29, 1.82) is 0 Å². The van der Waals surface area contributed by atoms with Crippen molar-refractivity contribution in [2.75, 3.05) is 25.3 Å². The molecular formula is C12H13N3O4. The maximum atomic E-state index is 11.8. The van der Waals surface area contributed by atoms with E-state index < -0.39 is 5.91 Å². The van der Waals surface area contributed by atoms with Crippen LogP contribution < -0.4 is 20.5 Å². The Bertz CT molecular complexity index is 594. The number of nitrogens with two attached hydrogens (primary N) is 1. The normalized spacial score (nSPS) is 10.0. The van der Waals surface area contributed by atoms with Gasteiger partial charge in [0.05, 0.1) is 14.2 Å². The number of methoxy groups -OCH3 is 2. The molecule has 19 heavy (non-hydrogen) atoms. The van der Waals surface area contributed by atoms with Gasteiger partial charge in [-0.1, -0.05) is 0 Å². The predicted molar refractivity (Wildman–Crippen MR) is 68.4 cm³/mol. The molecule has 7 heteroatoms. The second kappa shape index (κ2) is 5.30. The average molecular weight is 263 g/mol. The number of ether oxygens (including phenoxy) is 2. The molecule has 1 amide bonds. The van der Waals surface area contributed by atoms with E-state index in [0.717, 1.165) is 0 Å². The predicted octanol–water partition coefficient (Wildman–Crippen LogP) is 1.53. The van der Waals surface area contributed by atoms with Crippen LogP contribution in [0.2, 0.25) is 0 Å². The molecule has 1 aromatic carbocycles. The van der Waals surface area contributed by atoms with E-state index in [1.165, 1.54) is 20.5 Å². The third kappa shape index (κ3) is 2.76. The minimum absolute atomic E-state index is 0.0579. The van der Waals surface area contributed by atoms with E-state index >= 15 is 0 Å². The first-order valence-corrected chi connectivity index (χ1v) is 5.38. The van der Waals surface area contributed by atoms with Crippen LogP contribution in [0.4, 0.5) is 11.7 Å². The van der Waals surface area contributed by atoms with Crippen LogP contribution in [0.5, 0.6) is 11.5 Å².